The second-order valence-electron chi connectivity index (χ2n) is 6.37. The van der Waals surface area contributed by atoms with Crippen molar-refractivity contribution in [3.8, 4) is 5.75 Å². The van der Waals surface area contributed by atoms with Crippen molar-refractivity contribution in [1.29, 1.82) is 0 Å². The molecule has 0 atom stereocenters. The maximum atomic E-state index is 13.0. The first-order chi connectivity index (χ1) is 10.5. The Morgan fingerprint density at radius 1 is 1.32 bits per heavy atom. The molecule has 1 aliphatic heterocycles. The van der Waals surface area contributed by atoms with E-state index in [0.717, 1.165) is 36.3 Å². The maximum absolute atomic E-state index is 13.0. The Bertz CT molecular complexity index is 687. The molecular weight excluding hydrogens is 278 g/mol. The highest BCUT2D eigenvalue weighted by molar-refractivity contribution is 5.87. The molecule has 1 aromatic heterocycles. The number of carbonyl (C=O) groups excluding carboxylic acids is 1. The molecule has 0 radical (unpaired) electrons. The average molecular weight is 299 g/mol. The highest BCUT2D eigenvalue weighted by Crippen LogP contribution is 2.30. The van der Waals surface area contributed by atoms with E-state index in [4.69, 9.17) is 4.42 Å². The number of hydrogen-bond donors (Lipinski definition) is 1. The molecule has 4 heteroatoms. The second kappa shape index (κ2) is 5.52. The van der Waals surface area contributed by atoms with Crippen LogP contribution in [0.2, 0.25) is 0 Å². The lowest BCUT2D eigenvalue weighted by Gasteiger charge is -2.31. The van der Waals surface area contributed by atoms with Crippen LogP contribution in [0, 0.1) is 0 Å². The van der Waals surface area contributed by atoms with Gasteiger partial charge in [-0.1, -0.05) is 12.1 Å². The third kappa shape index (κ3) is 2.61. The quantitative estimate of drug-likeness (QED) is 0.926. The molecule has 2 heterocycles. The zero-order valence-corrected chi connectivity index (χ0v) is 13.0. The minimum absolute atomic E-state index is 0.0761. The van der Waals surface area contributed by atoms with Crippen molar-refractivity contribution in [1.82, 2.24) is 4.90 Å². The number of phenols is 1. The van der Waals surface area contributed by atoms with E-state index in [-0.39, 0.29) is 11.7 Å². The van der Waals surface area contributed by atoms with Crippen LogP contribution >= 0.6 is 0 Å². The fourth-order valence-electron chi connectivity index (χ4n) is 3.03. The van der Waals surface area contributed by atoms with E-state index < -0.39 is 5.41 Å². The Morgan fingerprint density at radius 3 is 2.91 bits per heavy atom. The molecule has 22 heavy (non-hydrogen) atoms. The first kappa shape index (κ1) is 14.7. The molecule has 1 N–H and O–H groups in total. The molecule has 1 amide bonds. The summed E-state index contributed by atoms with van der Waals surface area (Å²) in [6.45, 7) is 5.13. The monoisotopic (exact) mass is 299 g/mol. The van der Waals surface area contributed by atoms with Crippen LogP contribution < -0.4 is 0 Å². The van der Waals surface area contributed by atoms with Gasteiger partial charge in [0.2, 0.25) is 5.91 Å². The normalized spacial score (nSPS) is 15.3. The highest BCUT2D eigenvalue weighted by Gasteiger charge is 2.35. The Kier molecular flexibility index (Phi) is 3.69. The van der Waals surface area contributed by atoms with Gasteiger partial charge in [0.05, 0.1) is 11.7 Å². The molecule has 0 spiro atoms. The summed E-state index contributed by atoms with van der Waals surface area (Å²) in [5, 5.41) is 9.68. The van der Waals surface area contributed by atoms with Gasteiger partial charge in [-0.2, -0.15) is 0 Å². The number of furan rings is 1. The molecular formula is C18H21NO3. The van der Waals surface area contributed by atoms with Crippen molar-refractivity contribution < 1.29 is 14.3 Å². The Balaban J connectivity index is 1.86. The number of benzene rings is 1. The smallest absolute Gasteiger partial charge is 0.232 e. The van der Waals surface area contributed by atoms with E-state index in [0.29, 0.717) is 6.54 Å². The largest absolute Gasteiger partial charge is 0.508 e. The van der Waals surface area contributed by atoms with Crippen molar-refractivity contribution >= 4 is 5.91 Å². The van der Waals surface area contributed by atoms with E-state index in [1.807, 2.05) is 30.9 Å². The standard InChI is InChI=1S/C18H21NO3/c1-18(2,14-5-3-6-15(20)11-14)17(21)19-9-4-7-16-13(12-19)8-10-22-16/h3,5-6,8,10-11,20H,4,7,9,12H2,1-2H3. The van der Waals surface area contributed by atoms with Gasteiger partial charge in [0, 0.05) is 25.1 Å². The van der Waals surface area contributed by atoms with Crippen LogP contribution in [-0.4, -0.2) is 22.5 Å². The third-order valence-electron chi connectivity index (χ3n) is 4.42. The molecule has 0 aliphatic carbocycles. The Labute approximate surface area is 130 Å². The maximum Gasteiger partial charge on any atom is 0.232 e. The third-order valence-corrected chi connectivity index (χ3v) is 4.42. The van der Waals surface area contributed by atoms with Gasteiger partial charge < -0.3 is 14.4 Å². The summed E-state index contributed by atoms with van der Waals surface area (Å²) < 4.78 is 5.48. The molecule has 0 fully saturated rings. The number of fused-ring (bicyclic) bond motifs is 1. The number of aromatic hydroxyl groups is 1. The van der Waals surface area contributed by atoms with E-state index in [1.165, 1.54) is 0 Å². The van der Waals surface area contributed by atoms with Crippen LogP contribution in [0.1, 0.15) is 37.2 Å². The predicted octanol–water partition coefficient (Wildman–Crippen LogP) is 3.24. The van der Waals surface area contributed by atoms with Gasteiger partial charge in [-0.25, -0.2) is 0 Å². The molecule has 0 bridgehead atoms. The fourth-order valence-corrected chi connectivity index (χ4v) is 3.03. The van der Waals surface area contributed by atoms with Crippen molar-refractivity contribution in [3.63, 3.8) is 0 Å². The van der Waals surface area contributed by atoms with Crippen LogP contribution in [0.25, 0.3) is 0 Å². The molecule has 0 saturated carbocycles. The summed E-state index contributed by atoms with van der Waals surface area (Å²) in [5.41, 5.74) is 1.25. The van der Waals surface area contributed by atoms with Crippen LogP contribution in [0.5, 0.6) is 5.75 Å². The lowest BCUT2D eigenvalue weighted by Crippen LogP contribution is -2.43. The van der Waals surface area contributed by atoms with Gasteiger partial charge in [-0.05, 0) is 44.0 Å². The summed E-state index contributed by atoms with van der Waals surface area (Å²) >= 11 is 0. The van der Waals surface area contributed by atoms with Gasteiger partial charge in [0.15, 0.2) is 0 Å². The summed E-state index contributed by atoms with van der Waals surface area (Å²) in [4.78, 5) is 14.9. The van der Waals surface area contributed by atoms with Crippen molar-refractivity contribution in [2.75, 3.05) is 6.54 Å². The second-order valence-corrected chi connectivity index (χ2v) is 6.37. The van der Waals surface area contributed by atoms with Crippen LogP contribution in [0.15, 0.2) is 41.0 Å². The molecule has 0 saturated heterocycles. The predicted molar refractivity (Wildman–Crippen MR) is 83.6 cm³/mol. The first-order valence-electron chi connectivity index (χ1n) is 7.62. The van der Waals surface area contributed by atoms with Crippen LogP contribution in [0.4, 0.5) is 0 Å². The minimum Gasteiger partial charge on any atom is -0.508 e. The topological polar surface area (TPSA) is 53.7 Å². The van der Waals surface area contributed by atoms with E-state index in [1.54, 1.807) is 24.5 Å². The van der Waals surface area contributed by atoms with Crippen molar-refractivity contribution in [2.24, 2.45) is 0 Å². The van der Waals surface area contributed by atoms with Crippen molar-refractivity contribution in [3.05, 3.63) is 53.5 Å². The number of aryl methyl sites for hydroxylation is 1. The number of rotatable bonds is 2. The summed E-state index contributed by atoms with van der Waals surface area (Å²) in [5.74, 6) is 1.25. The molecule has 3 rings (SSSR count). The van der Waals surface area contributed by atoms with Gasteiger partial charge in [0.25, 0.3) is 0 Å². The summed E-state index contributed by atoms with van der Waals surface area (Å²) in [7, 11) is 0. The highest BCUT2D eigenvalue weighted by atomic mass is 16.3. The lowest BCUT2D eigenvalue weighted by molar-refractivity contribution is -0.136. The van der Waals surface area contributed by atoms with Gasteiger partial charge in [-0.3, -0.25) is 4.79 Å². The zero-order chi connectivity index (χ0) is 15.7. The first-order valence-corrected chi connectivity index (χ1v) is 7.62. The number of amides is 1. The SMILES string of the molecule is CC(C)(C(=O)N1CCCc2occc2C1)c1cccc(O)c1. The number of nitrogens with zero attached hydrogens (tertiary/aromatic N) is 1. The van der Waals surface area contributed by atoms with Crippen LogP contribution in [-0.2, 0) is 23.2 Å². The van der Waals surface area contributed by atoms with E-state index in [2.05, 4.69) is 0 Å². The summed E-state index contributed by atoms with van der Waals surface area (Å²) in [6, 6.07) is 8.89. The lowest BCUT2D eigenvalue weighted by atomic mass is 9.83. The molecule has 1 aliphatic rings. The minimum atomic E-state index is -0.674. The molecule has 4 nitrogen and oxygen atoms in total. The number of phenolic OH excluding ortho intramolecular Hbond substituents is 1. The van der Waals surface area contributed by atoms with E-state index in [9.17, 15) is 9.90 Å². The molecule has 116 valence electrons. The van der Waals surface area contributed by atoms with Gasteiger partial charge in [-0.15, -0.1) is 0 Å². The van der Waals surface area contributed by atoms with Crippen molar-refractivity contribution in [2.45, 2.75) is 38.6 Å². The molecule has 2 aromatic rings. The van der Waals surface area contributed by atoms with Crippen LogP contribution in [0.3, 0.4) is 0 Å². The van der Waals surface area contributed by atoms with E-state index >= 15 is 0 Å². The number of carbonyl (C=O) groups is 1. The molecule has 1 aromatic carbocycles. The van der Waals surface area contributed by atoms with Gasteiger partial charge in [0.1, 0.15) is 11.5 Å². The molecule has 0 unspecified atom stereocenters. The zero-order valence-electron chi connectivity index (χ0n) is 13.0. The number of hydrogen-bond acceptors (Lipinski definition) is 3. The Morgan fingerprint density at radius 2 is 2.14 bits per heavy atom. The fraction of sp³-hybridized carbons (Fsp3) is 0.389. The Hall–Kier alpha value is -2.23. The summed E-state index contributed by atoms with van der Waals surface area (Å²) in [6.07, 6.45) is 3.47. The van der Waals surface area contributed by atoms with Gasteiger partial charge >= 0.3 is 0 Å². The average Bonchev–Trinajstić information content (AvgIpc) is 2.83.